The maximum absolute atomic E-state index is 11.7. The lowest BCUT2D eigenvalue weighted by Crippen LogP contribution is -2.34. The average molecular weight is 284 g/mol. The molecule has 0 saturated heterocycles. The van der Waals surface area contributed by atoms with Gasteiger partial charge in [0.1, 0.15) is 6.20 Å². The normalized spacial score (nSPS) is 13.4. The first-order valence-electron chi connectivity index (χ1n) is 6.01. The Morgan fingerprint density at radius 3 is 2.65 bits per heavy atom. The first-order valence-corrected chi connectivity index (χ1v) is 6.01. The van der Waals surface area contributed by atoms with Gasteiger partial charge in [0.2, 0.25) is 5.75 Å². The van der Waals surface area contributed by atoms with Crippen LogP contribution in [0.5, 0.6) is 5.75 Å². The molecule has 0 fully saturated rings. The number of carbonyl (C=O) groups is 1. The lowest BCUT2D eigenvalue weighted by molar-refractivity contribution is -0.390. The summed E-state index contributed by atoms with van der Waals surface area (Å²) in [7, 11) is 0. The average Bonchev–Trinajstić information content (AvgIpc) is 2.39. The van der Waals surface area contributed by atoms with Gasteiger partial charge in [-0.25, -0.2) is 4.79 Å². The predicted octanol–water partition coefficient (Wildman–Crippen LogP) is 1.16. The molecular weight excluding hydrogens is 268 g/mol. The minimum atomic E-state index is -1.95. The van der Waals surface area contributed by atoms with Crippen molar-refractivity contribution < 1.29 is 24.3 Å². The van der Waals surface area contributed by atoms with Crippen LogP contribution in [0.25, 0.3) is 0 Å². The summed E-state index contributed by atoms with van der Waals surface area (Å²) >= 11 is 0. The summed E-state index contributed by atoms with van der Waals surface area (Å²) in [5, 5.41) is 21.0. The third-order valence-electron chi connectivity index (χ3n) is 2.54. The lowest BCUT2D eigenvalue weighted by Gasteiger charge is -2.20. The zero-order valence-electron chi connectivity index (χ0n) is 11.5. The van der Waals surface area contributed by atoms with Crippen LogP contribution in [0.1, 0.15) is 26.3 Å². The number of hydrogen-bond acceptors (Lipinski definition) is 7. The summed E-state index contributed by atoms with van der Waals surface area (Å²) in [6, 6.07) is 1.21. The van der Waals surface area contributed by atoms with Gasteiger partial charge < -0.3 is 24.7 Å². The molecule has 20 heavy (non-hydrogen) atoms. The van der Waals surface area contributed by atoms with Crippen molar-refractivity contribution in [2.45, 2.75) is 26.4 Å². The quantitative estimate of drug-likeness (QED) is 0.474. The second-order valence-corrected chi connectivity index (χ2v) is 4.03. The molecule has 1 aromatic rings. The van der Waals surface area contributed by atoms with E-state index in [1.54, 1.807) is 13.8 Å². The molecule has 0 radical (unpaired) electrons. The van der Waals surface area contributed by atoms with Gasteiger partial charge in [0.25, 0.3) is 0 Å². The molecule has 0 spiro atoms. The van der Waals surface area contributed by atoms with E-state index in [2.05, 4.69) is 4.98 Å². The fourth-order valence-electron chi connectivity index (χ4n) is 1.49. The number of rotatable bonds is 6. The largest absolute Gasteiger partial charge is 0.486 e. The highest BCUT2D eigenvalue weighted by molar-refractivity contribution is 5.80. The molecule has 1 rings (SSSR count). The van der Waals surface area contributed by atoms with Crippen LogP contribution < -0.4 is 4.74 Å². The van der Waals surface area contributed by atoms with Crippen LogP contribution in [-0.2, 0) is 15.1 Å². The van der Waals surface area contributed by atoms with E-state index < -0.39 is 22.3 Å². The van der Waals surface area contributed by atoms with Crippen LogP contribution >= 0.6 is 0 Å². The molecule has 8 heteroatoms. The Labute approximate surface area is 115 Å². The van der Waals surface area contributed by atoms with Gasteiger partial charge in [-0.2, -0.15) is 0 Å². The number of carbonyl (C=O) groups excluding carboxylic acids is 1. The van der Waals surface area contributed by atoms with E-state index in [9.17, 15) is 20.0 Å². The first kappa shape index (κ1) is 15.8. The highest BCUT2D eigenvalue weighted by Crippen LogP contribution is 2.30. The number of aliphatic hydroxyl groups is 1. The summed E-state index contributed by atoms with van der Waals surface area (Å²) in [5.41, 5.74) is -1.89. The van der Waals surface area contributed by atoms with Crippen molar-refractivity contribution in [3.05, 3.63) is 27.9 Å². The van der Waals surface area contributed by atoms with Crippen molar-refractivity contribution >= 4 is 11.8 Å². The molecule has 110 valence electrons. The number of nitro groups is 1. The SMILES string of the molecule is CCOC(=O)C(C)(O)c1cnc([N+](=O)[O-])c(OCC)c1. The van der Waals surface area contributed by atoms with E-state index >= 15 is 0 Å². The van der Waals surface area contributed by atoms with Gasteiger partial charge in [-0.05, 0) is 36.7 Å². The number of pyridine rings is 1. The van der Waals surface area contributed by atoms with Crippen molar-refractivity contribution in [1.29, 1.82) is 0 Å². The Morgan fingerprint density at radius 1 is 1.50 bits per heavy atom. The predicted molar refractivity (Wildman–Crippen MR) is 68.3 cm³/mol. The maximum atomic E-state index is 11.7. The first-order chi connectivity index (χ1) is 9.34. The molecule has 1 heterocycles. The van der Waals surface area contributed by atoms with Crippen LogP contribution in [0.3, 0.4) is 0 Å². The second-order valence-electron chi connectivity index (χ2n) is 4.03. The van der Waals surface area contributed by atoms with E-state index in [-0.39, 0.29) is 24.5 Å². The Hall–Kier alpha value is -2.22. The van der Waals surface area contributed by atoms with E-state index in [4.69, 9.17) is 9.47 Å². The highest BCUT2D eigenvalue weighted by atomic mass is 16.6. The van der Waals surface area contributed by atoms with Crippen molar-refractivity contribution in [3.63, 3.8) is 0 Å². The highest BCUT2D eigenvalue weighted by Gasteiger charge is 2.37. The fourth-order valence-corrected chi connectivity index (χ4v) is 1.49. The molecule has 0 aliphatic carbocycles. The van der Waals surface area contributed by atoms with Gasteiger partial charge in [0, 0.05) is 5.56 Å². The number of esters is 1. The molecule has 0 amide bonds. The Morgan fingerprint density at radius 2 is 2.15 bits per heavy atom. The monoisotopic (exact) mass is 284 g/mol. The minimum absolute atomic E-state index is 0.0602. The second kappa shape index (κ2) is 6.29. The maximum Gasteiger partial charge on any atom is 0.406 e. The van der Waals surface area contributed by atoms with Crippen LogP contribution in [0, 0.1) is 10.1 Å². The van der Waals surface area contributed by atoms with Gasteiger partial charge in [0.15, 0.2) is 5.60 Å². The third kappa shape index (κ3) is 3.21. The van der Waals surface area contributed by atoms with Gasteiger partial charge >= 0.3 is 11.8 Å². The van der Waals surface area contributed by atoms with Crippen LogP contribution in [0.2, 0.25) is 0 Å². The van der Waals surface area contributed by atoms with Crippen LogP contribution in [-0.4, -0.2) is 34.2 Å². The van der Waals surface area contributed by atoms with Crippen molar-refractivity contribution in [2.75, 3.05) is 13.2 Å². The number of nitrogens with zero attached hydrogens (tertiary/aromatic N) is 2. The van der Waals surface area contributed by atoms with Gasteiger partial charge in [-0.1, -0.05) is 0 Å². The van der Waals surface area contributed by atoms with Crippen LogP contribution in [0.4, 0.5) is 5.82 Å². The molecule has 1 atom stereocenters. The van der Waals surface area contributed by atoms with Gasteiger partial charge in [0.05, 0.1) is 13.2 Å². The van der Waals surface area contributed by atoms with E-state index in [0.29, 0.717) is 0 Å². The Balaban J connectivity index is 3.23. The molecule has 0 bridgehead atoms. The standard InChI is InChI=1S/C12H16N2O6/c1-4-19-9-6-8(7-13-10(9)14(17)18)12(3,16)11(15)20-5-2/h6-7,16H,4-5H2,1-3H3. The van der Waals surface area contributed by atoms with E-state index in [0.717, 1.165) is 6.20 Å². The molecule has 0 saturated carbocycles. The van der Waals surface area contributed by atoms with Crippen LogP contribution in [0.15, 0.2) is 12.3 Å². The zero-order chi connectivity index (χ0) is 15.3. The lowest BCUT2D eigenvalue weighted by atomic mass is 9.98. The van der Waals surface area contributed by atoms with Crippen molar-refractivity contribution in [3.8, 4) is 5.75 Å². The van der Waals surface area contributed by atoms with Gasteiger partial charge in [-0.3, -0.25) is 0 Å². The molecule has 0 aliphatic rings. The summed E-state index contributed by atoms with van der Waals surface area (Å²) < 4.78 is 9.85. The molecule has 0 aliphatic heterocycles. The van der Waals surface area contributed by atoms with Crippen molar-refractivity contribution in [2.24, 2.45) is 0 Å². The molecule has 1 N–H and O–H groups in total. The van der Waals surface area contributed by atoms with E-state index in [1.807, 2.05) is 0 Å². The molecule has 1 aromatic heterocycles. The van der Waals surface area contributed by atoms with E-state index in [1.165, 1.54) is 13.0 Å². The third-order valence-corrected chi connectivity index (χ3v) is 2.54. The molecular formula is C12H16N2O6. The summed E-state index contributed by atoms with van der Waals surface area (Å²) in [6.45, 7) is 4.78. The summed E-state index contributed by atoms with van der Waals surface area (Å²) in [6.07, 6.45) is 1.05. The summed E-state index contributed by atoms with van der Waals surface area (Å²) in [4.78, 5) is 25.4. The van der Waals surface area contributed by atoms with Gasteiger partial charge in [-0.15, -0.1) is 0 Å². The summed E-state index contributed by atoms with van der Waals surface area (Å²) in [5.74, 6) is -1.45. The Bertz CT molecular complexity index is 515. The topological polar surface area (TPSA) is 112 Å². The Kier molecular flexibility index (Phi) is 4.98. The van der Waals surface area contributed by atoms with Crippen molar-refractivity contribution in [1.82, 2.24) is 4.98 Å². The number of ether oxygens (including phenoxy) is 2. The fraction of sp³-hybridized carbons (Fsp3) is 0.500. The molecule has 1 unspecified atom stereocenters. The molecule has 8 nitrogen and oxygen atoms in total. The number of aromatic nitrogens is 1. The minimum Gasteiger partial charge on any atom is -0.486 e. The smallest absolute Gasteiger partial charge is 0.406 e. The zero-order valence-corrected chi connectivity index (χ0v) is 11.5. The molecule has 0 aromatic carbocycles. The number of hydrogen-bond donors (Lipinski definition) is 1.